The Bertz CT molecular complexity index is 918. The number of carboxylic acids is 1. The molecule has 7 heteroatoms. The van der Waals surface area contributed by atoms with Gasteiger partial charge >= 0.3 is 5.97 Å². The molecule has 0 aliphatic carbocycles. The number of ketones is 1. The summed E-state index contributed by atoms with van der Waals surface area (Å²) in [6, 6.07) is 10.0. The van der Waals surface area contributed by atoms with Crippen molar-refractivity contribution in [1.82, 2.24) is 0 Å². The molecule has 1 aliphatic heterocycles. The van der Waals surface area contributed by atoms with Gasteiger partial charge in [0, 0.05) is 16.1 Å². The summed E-state index contributed by atoms with van der Waals surface area (Å²) in [6.07, 6.45) is 0.595. The average molecular weight is 419 g/mol. The summed E-state index contributed by atoms with van der Waals surface area (Å²) in [6.45, 7) is 1.42. The third-order valence-electron chi connectivity index (χ3n) is 3.78. The van der Waals surface area contributed by atoms with Crippen LogP contribution >= 0.6 is 15.9 Å². The number of hydrogen-bond donors (Lipinski definition) is 1. The number of carbonyl (C=O) groups excluding carboxylic acids is 1. The molecule has 26 heavy (non-hydrogen) atoms. The SMILES string of the molecule is COc1ccc(Br)cc1/C=C1\Oc2cc(OC(C)C(=O)O)ccc2C1=O. The lowest BCUT2D eigenvalue weighted by atomic mass is 10.1. The van der Waals surface area contributed by atoms with E-state index in [0.717, 1.165) is 4.47 Å². The lowest BCUT2D eigenvalue weighted by Crippen LogP contribution is -2.22. The zero-order chi connectivity index (χ0) is 18.8. The van der Waals surface area contributed by atoms with Crippen LogP contribution in [-0.2, 0) is 4.79 Å². The molecule has 2 aromatic carbocycles. The highest BCUT2D eigenvalue weighted by Gasteiger charge is 2.28. The number of aliphatic carboxylic acids is 1. The minimum atomic E-state index is -1.08. The fourth-order valence-corrected chi connectivity index (χ4v) is 2.83. The second-order valence-electron chi connectivity index (χ2n) is 5.58. The first-order valence-corrected chi connectivity index (χ1v) is 8.49. The third-order valence-corrected chi connectivity index (χ3v) is 4.27. The summed E-state index contributed by atoms with van der Waals surface area (Å²) in [5.74, 6) is 0.0509. The molecular weight excluding hydrogens is 404 g/mol. The number of hydrogen-bond acceptors (Lipinski definition) is 5. The average Bonchev–Trinajstić information content (AvgIpc) is 2.90. The monoisotopic (exact) mass is 418 g/mol. The maximum absolute atomic E-state index is 12.5. The van der Waals surface area contributed by atoms with Crippen LogP contribution in [0.5, 0.6) is 17.2 Å². The largest absolute Gasteiger partial charge is 0.496 e. The second-order valence-corrected chi connectivity index (χ2v) is 6.50. The quantitative estimate of drug-likeness (QED) is 0.740. The van der Waals surface area contributed by atoms with Gasteiger partial charge in [-0.25, -0.2) is 4.79 Å². The van der Waals surface area contributed by atoms with Crippen LogP contribution in [0.2, 0.25) is 0 Å². The molecule has 1 atom stereocenters. The van der Waals surface area contributed by atoms with E-state index in [1.165, 1.54) is 13.0 Å². The standard InChI is InChI=1S/C19H15BrO6/c1-10(19(22)23)25-13-4-5-14-16(9-13)26-17(18(14)21)8-11-7-12(20)3-6-15(11)24-2/h3-10H,1-2H3,(H,22,23)/b17-8-. The lowest BCUT2D eigenvalue weighted by Gasteiger charge is -2.10. The Hall–Kier alpha value is -2.80. The van der Waals surface area contributed by atoms with E-state index in [9.17, 15) is 9.59 Å². The van der Waals surface area contributed by atoms with Gasteiger partial charge in [-0.2, -0.15) is 0 Å². The van der Waals surface area contributed by atoms with Crippen molar-refractivity contribution in [3.05, 3.63) is 57.8 Å². The van der Waals surface area contributed by atoms with E-state index in [1.807, 2.05) is 12.1 Å². The third kappa shape index (κ3) is 3.57. The van der Waals surface area contributed by atoms with Gasteiger partial charge in [0.05, 0.1) is 12.7 Å². The number of carboxylic acid groups (broad SMARTS) is 1. The van der Waals surface area contributed by atoms with Crippen molar-refractivity contribution in [3.8, 4) is 17.2 Å². The van der Waals surface area contributed by atoms with Gasteiger partial charge in [0.25, 0.3) is 0 Å². The predicted octanol–water partition coefficient (Wildman–Crippen LogP) is 3.93. The highest BCUT2D eigenvalue weighted by atomic mass is 79.9. The maximum atomic E-state index is 12.5. The number of halogens is 1. The lowest BCUT2D eigenvalue weighted by molar-refractivity contribution is -0.144. The Morgan fingerprint density at radius 1 is 1.27 bits per heavy atom. The van der Waals surface area contributed by atoms with Crippen LogP contribution in [-0.4, -0.2) is 30.1 Å². The first-order valence-electron chi connectivity index (χ1n) is 7.70. The highest BCUT2D eigenvalue weighted by molar-refractivity contribution is 9.10. The first-order chi connectivity index (χ1) is 12.4. The predicted molar refractivity (Wildman–Crippen MR) is 97.8 cm³/mol. The van der Waals surface area contributed by atoms with E-state index in [4.69, 9.17) is 19.3 Å². The molecule has 6 nitrogen and oxygen atoms in total. The van der Waals surface area contributed by atoms with Gasteiger partial charge in [0.15, 0.2) is 11.9 Å². The molecule has 0 amide bonds. The molecule has 3 rings (SSSR count). The van der Waals surface area contributed by atoms with Crippen molar-refractivity contribution in [2.45, 2.75) is 13.0 Å². The smallest absolute Gasteiger partial charge is 0.344 e. The summed E-state index contributed by atoms with van der Waals surface area (Å²) in [7, 11) is 1.55. The number of ether oxygens (including phenoxy) is 3. The first kappa shape index (κ1) is 18.0. The van der Waals surface area contributed by atoms with Crippen molar-refractivity contribution >= 4 is 33.8 Å². The minimum Gasteiger partial charge on any atom is -0.496 e. The van der Waals surface area contributed by atoms with Crippen LogP contribution < -0.4 is 14.2 Å². The Morgan fingerprint density at radius 2 is 2.04 bits per heavy atom. The molecule has 1 unspecified atom stereocenters. The second kappa shape index (κ2) is 7.21. The van der Waals surface area contributed by atoms with Gasteiger partial charge in [-0.05, 0) is 43.3 Å². The maximum Gasteiger partial charge on any atom is 0.344 e. The molecule has 0 bridgehead atoms. The van der Waals surface area contributed by atoms with E-state index in [1.54, 1.807) is 31.4 Å². The number of fused-ring (bicyclic) bond motifs is 1. The number of allylic oxidation sites excluding steroid dienone is 1. The highest BCUT2D eigenvalue weighted by Crippen LogP contribution is 2.36. The van der Waals surface area contributed by atoms with Crippen LogP contribution in [0, 0.1) is 0 Å². The molecule has 0 radical (unpaired) electrons. The van der Waals surface area contributed by atoms with E-state index in [-0.39, 0.29) is 11.5 Å². The van der Waals surface area contributed by atoms with E-state index in [0.29, 0.717) is 28.4 Å². The molecule has 0 saturated heterocycles. The van der Waals surface area contributed by atoms with Gasteiger partial charge < -0.3 is 19.3 Å². The van der Waals surface area contributed by atoms with Gasteiger partial charge in [0.2, 0.25) is 5.78 Å². The zero-order valence-electron chi connectivity index (χ0n) is 14.0. The summed E-state index contributed by atoms with van der Waals surface area (Å²) in [4.78, 5) is 23.4. The van der Waals surface area contributed by atoms with Crippen LogP contribution in [0.25, 0.3) is 6.08 Å². The minimum absolute atomic E-state index is 0.153. The fraction of sp³-hybridized carbons (Fsp3) is 0.158. The van der Waals surface area contributed by atoms with Gasteiger partial charge in [-0.15, -0.1) is 0 Å². The fourth-order valence-electron chi connectivity index (χ4n) is 2.45. The van der Waals surface area contributed by atoms with Gasteiger partial charge in [0.1, 0.15) is 17.2 Å². The van der Waals surface area contributed by atoms with Crippen molar-refractivity contribution < 1.29 is 28.9 Å². The molecule has 1 heterocycles. The molecule has 2 aromatic rings. The number of carbonyl (C=O) groups is 2. The number of methoxy groups -OCH3 is 1. The molecule has 1 N–H and O–H groups in total. The summed E-state index contributed by atoms with van der Waals surface area (Å²) >= 11 is 3.39. The molecule has 134 valence electrons. The van der Waals surface area contributed by atoms with Crippen molar-refractivity contribution in [3.63, 3.8) is 0 Å². The number of rotatable bonds is 5. The molecule has 0 saturated carbocycles. The Balaban J connectivity index is 1.90. The number of benzene rings is 2. The molecule has 0 fully saturated rings. The normalized spacial score (nSPS) is 15.3. The van der Waals surface area contributed by atoms with Crippen LogP contribution in [0.3, 0.4) is 0 Å². The van der Waals surface area contributed by atoms with E-state index in [2.05, 4.69) is 15.9 Å². The van der Waals surface area contributed by atoms with E-state index < -0.39 is 12.1 Å². The summed E-state index contributed by atoms with van der Waals surface area (Å²) < 4.78 is 17.1. The summed E-state index contributed by atoms with van der Waals surface area (Å²) in [5, 5.41) is 8.92. The summed E-state index contributed by atoms with van der Waals surface area (Å²) in [5.41, 5.74) is 1.08. The van der Waals surface area contributed by atoms with Gasteiger partial charge in [-0.1, -0.05) is 15.9 Å². The molecule has 1 aliphatic rings. The van der Waals surface area contributed by atoms with Crippen molar-refractivity contribution in [2.75, 3.05) is 7.11 Å². The zero-order valence-corrected chi connectivity index (χ0v) is 15.6. The number of Topliss-reactive ketones (excluding diaryl/α,β-unsaturated/α-hetero) is 1. The van der Waals surface area contributed by atoms with Crippen LogP contribution in [0.1, 0.15) is 22.8 Å². The van der Waals surface area contributed by atoms with E-state index >= 15 is 0 Å². The van der Waals surface area contributed by atoms with Crippen LogP contribution in [0.15, 0.2) is 46.6 Å². The topological polar surface area (TPSA) is 82.1 Å². The molecular formula is C19H15BrO6. The Morgan fingerprint density at radius 3 is 2.73 bits per heavy atom. The molecule has 0 aromatic heterocycles. The van der Waals surface area contributed by atoms with Gasteiger partial charge in [-0.3, -0.25) is 4.79 Å². The van der Waals surface area contributed by atoms with Crippen LogP contribution in [0.4, 0.5) is 0 Å². The Kier molecular flexibility index (Phi) is 4.99. The van der Waals surface area contributed by atoms with Crippen molar-refractivity contribution in [2.24, 2.45) is 0 Å². The Labute approximate surface area is 158 Å². The van der Waals surface area contributed by atoms with Crippen molar-refractivity contribution in [1.29, 1.82) is 0 Å². The molecule has 0 spiro atoms.